The maximum Gasteiger partial charge on any atom is 0.251 e. The minimum absolute atomic E-state index is 0.144. The van der Waals surface area contributed by atoms with Crippen LogP contribution in [0.25, 0.3) is 32.8 Å². The van der Waals surface area contributed by atoms with Gasteiger partial charge in [-0.05, 0) is 68.7 Å². The normalized spacial score (nSPS) is 21.9. The molecule has 2 aliphatic rings. The summed E-state index contributed by atoms with van der Waals surface area (Å²) in [6, 6.07) is 23.3. The first-order chi connectivity index (χ1) is 20.3. The number of aliphatic hydroxyl groups excluding tert-OH is 1. The number of aromatic nitrogens is 2. The summed E-state index contributed by atoms with van der Waals surface area (Å²) in [7, 11) is 0. The Balaban J connectivity index is 1.34. The van der Waals surface area contributed by atoms with Gasteiger partial charge in [-0.1, -0.05) is 67.9 Å². The smallest absolute Gasteiger partial charge is 0.251 e. The maximum absolute atomic E-state index is 13.3. The van der Waals surface area contributed by atoms with Gasteiger partial charge in [-0.25, -0.2) is 9.97 Å². The Bertz CT molecular complexity index is 1820. The Hall–Kier alpha value is -4.03. The molecular weight excluding hydrogens is 522 g/mol. The Labute approximate surface area is 246 Å². The van der Waals surface area contributed by atoms with Crippen LogP contribution in [0.4, 0.5) is 0 Å². The Kier molecular flexibility index (Phi) is 6.62. The lowest BCUT2D eigenvalue weighted by molar-refractivity contribution is -0.0115. The Morgan fingerprint density at radius 1 is 0.976 bits per heavy atom. The largest absolute Gasteiger partial charge is 0.487 e. The number of fused-ring (bicyclic) bond motifs is 9. The molecule has 1 aliphatic heterocycles. The molecule has 0 saturated heterocycles. The maximum atomic E-state index is 13.3. The standard InChI is InChI=1S/C36H37N3O3/c1-21-13-15-28-27(17-21)31-33-32(25-11-7-8-12-26(25)34(31)42-36(28,2)3)38-29-16-14-23(19-30(29)39-33)35(41)37-24(20-40)18-22-9-5-4-6-10-22/h4-12,14,16,19,21,24,27-28,40H,13,15,17-18,20H2,1-3H3,(H,37,41). The lowest BCUT2D eigenvalue weighted by Gasteiger charge is -2.49. The highest BCUT2D eigenvalue weighted by atomic mass is 16.5. The molecule has 5 aromatic rings. The minimum atomic E-state index is -0.387. The number of carbonyl (C=O) groups is 1. The van der Waals surface area contributed by atoms with Crippen LogP contribution >= 0.6 is 0 Å². The first kappa shape index (κ1) is 26.8. The van der Waals surface area contributed by atoms with Crippen molar-refractivity contribution in [1.29, 1.82) is 0 Å². The molecule has 4 aromatic carbocycles. The summed E-state index contributed by atoms with van der Waals surface area (Å²) in [6.45, 7) is 6.67. The quantitative estimate of drug-likeness (QED) is 0.180. The van der Waals surface area contributed by atoms with Gasteiger partial charge in [-0.15, -0.1) is 0 Å². The van der Waals surface area contributed by atoms with E-state index in [0.29, 0.717) is 35.3 Å². The molecule has 1 fully saturated rings. The number of benzene rings is 4. The average molecular weight is 560 g/mol. The van der Waals surface area contributed by atoms with Gasteiger partial charge in [-0.3, -0.25) is 4.79 Å². The number of nitrogens with one attached hydrogen (secondary N) is 1. The van der Waals surface area contributed by atoms with Gasteiger partial charge >= 0.3 is 0 Å². The molecule has 1 saturated carbocycles. The van der Waals surface area contributed by atoms with Crippen LogP contribution in [0.5, 0.6) is 5.75 Å². The number of amides is 1. The van der Waals surface area contributed by atoms with Crippen LogP contribution in [0, 0.1) is 11.8 Å². The van der Waals surface area contributed by atoms with Gasteiger partial charge in [0.1, 0.15) is 11.4 Å². The monoisotopic (exact) mass is 559 g/mol. The van der Waals surface area contributed by atoms with Gasteiger partial charge in [0.25, 0.3) is 5.91 Å². The Morgan fingerprint density at radius 3 is 2.50 bits per heavy atom. The van der Waals surface area contributed by atoms with E-state index in [1.807, 2.05) is 48.5 Å². The van der Waals surface area contributed by atoms with Crippen LogP contribution in [0.2, 0.25) is 0 Å². The van der Waals surface area contributed by atoms with Crippen LogP contribution in [-0.2, 0) is 6.42 Å². The number of nitrogens with zero attached hydrogens (tertiary/aromatic N) is 2. The van der Waals surface area contributed by atoms with Crippen LogP contribution < -0.4 is 10.1 Å². The van der Waals surface area contributed by atoms with Crippen LogP contribution in [0.3, 0.4) is 0 Å². The van der Waals surface area contributed by atoms with Crippen molar-refractivity contribution in [2.45, 2.75) is 64.0 Å². The highest BCUT2D eigenvalue weighted by Gasteiger charge is 2.47. The SMILES string of the molecule is CC1CCC2C(C1)c1c(c3ccccc3c3nc4ccc(C(=O)NC(CO)Cc5ccccc5)cc4nc13)OC2(C)C. The van der Waals surface area contributed by atoms with E-state index < -0.39 is 0 Å². The lowest BCUT2D eigenvalue weighted by Crippen LogP contribution is -2.46. The second-order valence-corrected chi connectivity index (χ2v) is 12.8. The van der Waals surface area contributed by atoms with Crippen molar-refractivity contribution in [3.8, 4) is 5.75 Å². The zero-order chi connectivity index (χ0) is 29.0. The number of hydrogen-bond donors (Lipinski definition) is 2. The molecule has 2 heterocycles. The summed E-state index contributed by atoms with van der Waals surface area (Å²) >= 11 is 0. The molecule has 1 aliphatic carbocycles. The number of carbonyl (C=O) groups excluding carboxylic acids is 1. The van der Waals surface area contributed by atoms with Crippen molar-refractivity contribution in [1.82, 2.24) is 15.3 Å². The molecule has 42 heavy (non-hydrogen) atoms. The van der Waals surface area contributed by atoms with Gasteiger partial charge in [-0.2, -0.15) is 0 Å². The predicted octanol–water partition coefficient (Wildman–Crippen LogP) is 6.96. The van der Waals surface area contributed by atoms with E-state index in [1.165, 1.54) is 12.0 Å². The van der Waals surface area contributed by atoms with Crippen molar-refractivity contribution >= 4 is 38.7 Å². The predicted molar refractivity (Wildman–Crippen MR) is 167 cm³/mol. The average Bonchev–Trinajstić information content (AvgIpc) is 2.99. The lowest BCUT2D eigenvalue weighted by atomic mass is 9.64. The van der Waals surface area contributed by atoms with Crippen LogP contribution in [0.1, 0.15) is 67.4 Å². The molecule has 1 amide bonds. The van der Waals surface area contributed by atoms with Crippen molar-refractivity contribution in [2.75, 3.05) is 6.61 Å². The van der Waals surface area contributed by atoms with E-state index in [0.717, 1.165) is 51.5 Å². The van der Waals surface area contributed by atoms with E-state index in [9.17, 15) is 9.90 Å². The number of aliphatic hydroxyl groups is 1. The third-order valence-corrected chi connectivity index (χ3v) is 9.47. The molecule has 6 nitrogen and oxygen atoms in total. The molecule has 0 spiro atoms. The van der Waals surface area contributed by atoms with Gasteiger partial charge in [0.05, 0.1) is 34.7 Å². The highest BCUT2D eigenvalue weighted by molar-refractivity contribution is 6.11. The number of hydrogen-bond acceptors (Lipinski definition) is 5. The van der Waals surface area contributed by atoms with Gasteiger partial charge in [0.15, 0.2) is 0 Å². The van der Waals surface area contributed by atoms with Crippen molar-refractivity contribution in [2.24, 2.45) is 11.8 Å². The molecule has 0 radical (unpaired) electrons. The second-order valence-electron chi connectivity index (χ2n) is 12.8. The topological polar surface area (TPSA) is 84.3 Å². The van der Waals surface area contributed by atoms with E-state index >= 15 is 0 Å². The molecule has 4 atom stereocenters. The van der Waals surface area contributed by atoms with Crippen molar-refractivity contribution in [3.05, 3.63) is 89.5 Å². The highest BCUT2D eigenvalue weighted by Crippen LogP contribution is 2.56. The summed E-state index contributed by atoms with van der Waals surface area (Å²) in [4.78, 5) is 23.7. The third-order valence-electron chi connectivity index (χ3n) is 9.47. The molecule has 6 heteroatoms. The fourth-order valence-electron chi connectivity index (χ4n) is 7.36. The number of rotatable bonds is 5. The second kappa shape index (κ2) is 10.4. The van der Waals surface area contributed by atoms with E-state index in [1.54, 1.807) is 6.07 Å². The summed E-state index contributed by atoms with van der Waals surface area (Å²) in [5.74, 6) is 2.07. The molecule has 1 aromatic heterocycles. The Morgan fingerprint density at radius 2 is 1.71 bits per heavy atom. The zero-order valence-electron chi connectivity index (χ0n) is 24.4. The van der Waals surface area contributed by atoms with Gasteiger partial charge in [0.2, 0.25) is 0 Å². The molecule has 214 valence electrons. The summed E-state index contributed by atoms with van der Waals surface area (Å²) < 4.78 is 6.87. The summed E-state index contributed by atoms with van der Waals surface area (Å²) in [6.07, 6.45) is 4.00. The number of ether oxygens (including phenoxy) is 1. The van der Waals surface area contributed by atoms with E-state index in [4.69, 9.17) is 14.7 Å². The molecule has 0 bridgehead atoms. The first-order valence-corrected chi connectivity index (χ1v) is 15.1. The minimum Gasteiger partial charge on any atom is -0.487 e. The van der Waals surface area contributed by atoms with Gasteiger partial charge in [0, 0.05) is 27.8 Å². The van der Waals surface area contributed by atoms with E-state index in [-0.39, 0.29) is 24.2 Å². The first-order valence-electron chi connectivity index (χ1n) is 15.1. The fourth-order valence-corrected chi connectivity index (χ4v) is 7.36. The summed E-state index contributed by atoms with van der Waals surface area (Å²) in [5, 5.41) is 15.1. The molecule has 2 N–H and O–H groups in total. The summed E-state index contributed by atoms with van der Waals surface area (Å²) in [5.41, 5.74) is 5.66. The van der Waals surface area contributed by atoms with Gasteiger partial charge < -0.3 is 15.2 Å². The molecular formula is C36H37N3O3. The fraction of sp³-hybridized carbons (Fsp3) is 0.361. The molecule has 7 rings (SSSR count). The molecule has 4 unspecified atom stereocenters. The zero-order valence-corrected chi connectivity index (χ0v) is 24.4. The third kappa shape index (κ3) is 4.58. The van der Waals surface area contributed by atoms with E-state index in [2.05, 4.69) is 44.3 Å². The van der Waals surface area contributed by atoms with Crippen molar-refractivity contribution in [3.63, 3.8) is 0 Å². The van der Waals surface area contributed by atoms with Crippen molar-refractivity contribution < 1.29 is 14.6 Å². The van der Waals surface area contributed by atoms with Crippen LogP contribution in [0.15, 0.2) is 72.8 Å². The van der Waals surface area contributed by atoms with Crippen LogP contribution in [-0.4, -0.2) is 39.2 Å².